The van der Waals surface area contributed by atoms with Crippen LogP contribution in [-0.4, -0.2) is 29.9 Å². The maximum Gasteiger partial charge on any atom is 0.373 e. The van der Waals surface area contributed by atoms with Crippen LogP contribution in [0.5, 0.6) is 0 Å². The molecule has 0 saturated heterocycles. The van der Waals surface area contributed by atoms with Crippen molar-refractivity contribution in [3.63, 3.8) is 0 Å². The molecule has 0 amide bonds. The molecule has 5 nitrogen and oxygen atoms in total. The molecule has 0 bridgehead atoms. The molecule has 0 aliphatic rings. The molecule has 3 N–H and O–H groups in total. The van der Waals surface area contributed by atoms with Crippen LogP contribution < -0.4 is 5.73 Å². The number of nitrogens with two attached hydrogens (primary N) is 1. The summed E-state index contributed by atoms with van der Waals surface area (Å²) in [6.45, 7) is 5.17. The Balaban J connectivity index is 0. The topological polar surface area (TPSA) is 97.5 Å². The summed E-state index contributed by atoms with van der Waals surface area (Å²) >= 11 is 0. The first-order chi connectivity index (χ1) is 7.44. The minimum absolute atomic E-state index is 0.0603. The average molecular weight is 229 g/mol. The van der Waals surface area contributed by atoms with E-state index in [9.17, 15) is 9.82 Å². The van der Waals surface area contributed by atoms with E-state index >= 15 is 0 Å². The summed E-state index contributed by atoms with van der Waals surface area (Å²) in [4.78, 5) is 27.7. The fraction of sp³-hybridized carbons (Fsp3) is 0.800. The van der Waals surface area contributed by atoms with E-state index in [1.807, 2.05) is 13.8 Å². The summed E-state index contributed by atoms with van der Waals surface area (Å²) in [7, 11) is 0. The molecule has 6 heteroatoms. The second-order valence-electron chi connectivity index (χ2n) is 3.68. The smallest absolute Gasteiger partial charge is 0.373 e. The highest BCUT2D eigenvalue weighted by Gasteiger charge is 2.22. The molecule has 2 atom stereocenters. The lowest BCUT2D eigenvalue weighted by atomic mass is 9.56. The van der Waals surface area contributed by atoms with Crippen LogP contribution >= 0.6 is 0 Å². The second-order valence-corrected chi connectivity index (χ2v) is 3.68. The molecule has 0 rings (SSSR count). The number of hydrogen-bond acceptors (Lipinski definition) is 5. The first-order valence-corrected chi connectivity index (χ1v) is 5.40. The molecule has 92 valence electrons. The minimum atomic E-state index is -0.419. The minimum Gasteiger partial charge on any atom is -0.450 e. The first kappa shape index (κ1) is 17.4. The standard InChI is InChI=1S/C9H20BNO2.CO2/c1-4-7(10(3)13)6-9(12)8(11)5-2;2-1-3/h7-8,13H,4-6,11H2,1-3H3;/t7-,8?;/m1./s1. The van der Waals surface area contributed by atoms with Gasteiger partial charge in [-0.2, -0.15) is 9.59 Å². The number of Topliss-reactive ketones (excluding diaryl/α,β-unsaturated/α-hetero) is 1. The van der Waals surface area contributed by atoms with E-state index in [4.69, 9.17) is 15.3 Å². The largest absolute Gasteiger partial charge is 0.450 e. The van der Waals surface area contributed by atoms with Crippen molar-refractivity contribution >= 4 is 18.9 Å². The molecule has 0 radical (unpaired) electrons. The molecule has 0 aromatic carbocycles. The van der Waals surface area contributed by atoms with Gasteiger partial charge in [0.15, 0.2) is 0 Å². The average Bonchev–Trinajstić information content (AvgIpc) is 2.24. The maximum absolute atomic E-state index is 11.4. The zero-order valence-electron chi connectivity index (χ0n) is 10.1. The van der Waals surface area contributed by atoms with Crippen LogP contribution in [0.15, 0.2) is 0 Å². The van der Waals surface area contributed by atoms with Crippen LogP contribution in [0, 0.1) is 0 Å². The van der Waals surface area contributed by atoms with Gasteiger partial charge in [-0.1, -0.05) is 27.1 Å². The van der Waals surface area contributed by atoms with Crippen LogP contribution in [0.1, 0.15) is 33.1 Å². The van der Waals surface area contributed by atoms with Gasteiger partial charge in [0.2, 0.25) is 0 Å². The molecule has 0 fully saturated rings. The van der Waals surface area contributed by atoms with Crippen molar-refractivity contribution in [2.45, 2.75) is 51.8 Å². The van der Waals surface area contributed by atoms with Crippen LogP contribution in [0.4, 0.5) is 0 Å². The van der Waals surface area contributed by atoms with Crippen molar-refractivity contribution in [3.05, 3.63) is 0 Å². The van der Waals surface area contributed by atoms with Gasteiger partial charge in [0.05, 0.1) is 6.04 Å². The number of carbonyl (C=O) groups is 1. The molecule has 0 heterocycles. The van der Waals surface area contributed by atoms with Gasteiger partial charge in [0.25, 0.3) is 6.92 Å². The van der Waals surface area contributed by atoms with E-state index in [1.165, 1.54) is 0 Å². The van der Waals surface area contributed by atoms with Crippen LogP contribution in [0.2, 0.25) is 12.6 Å². The molecule has 0 aliphatic heterocycles. The van der Waals surface area contributed by atoms with Gasteiger partial charge < -0.3 is 10.8 Å². The highest BCUT2D eigenvalue weighted by molar-refractivity contribution is 6.50. The van der Waals surface area contributed by atoms with E-state index < -0.39 is 6.92 Å². The zero-order valence-corrected chi connectivity index (χ0v) is 10.1. The third-order valence-corrected chi connectivity index (χ3v) is 2.52. The molecule has 1 unspecified atom stereocenters. The fourth-order valence-corrected chi connectivity index (χ4v) is 1.29. The van der Waals surface area contributed by atoms with Gasteiger partial charge in [-0.3, -0.25) is 4.79 Å². The first-order valence-electron chi connectivity index (χ1n) is 5.40. The van der Waals surface area contributed by atoms with E-state index in [0.717, 1.165) is 6.42 Å². The highest BCUT2D eigenvalue weighted by Crippen LogP contribution is 2.19. The lowest BCUT2D eigenvalue weighted by Crippen LogP contribution is -2.32. The molecule has 0 saturated carbocycles. The van der Waals surface area contributed by atoms with Crippen molar-refractivity contribution in [2.75, 3.05) is 0 Å². The monoisotopic (exact) mass is 229 g/mol. The van der Waals surface area contributed by atoms with Crippen molar-refractivity contribution in [1.29, 1.82) is 0 Å². The Morgan fingerprint density at radius 1 is 1.38 bits per heavy atom. The number of hydrogen-bond donors (Lipinski definition) is 2. The van der Waals surface area contributed by atoms with Gasteiger partial charge in [-0.25, -0.2) is 0 Å². The third kappa shape index (κ3) is 8.35. The maximum atomic E-state index is 11.4. The lowest BCUT2D eigenvalue weighted by molar-refractivity contribution is -0.191. The van der Waals surface area contributed by atoms with E-state index in [2.05, 4.69) is 0 Å². The normalized spacial score (nSPS) is 12.8. The van der Waals surface area contributed by atoms with Gasteiger partial charge >= 0.3 is 6.15 Å². The van der Waals surface area contributed by atoms with E-state index in [-0.39, 0.29) is 23.8 Å². The summed E-state index contributed by atoms with van der Waals surface area (Å²) in [5.74, 6) is 0.125. The highest BCUT2D eigenvalue weighted by atomic mass is 16.2. The van der Waals surface area contributed by atoms with Crippen molar-refractivity contribution < 1.29 is 19.4 Å². The summed E-state index contributed by atoms with van der Waals surface area (Å²) in [6, 6.07) is -0.354. The number of carbonyl (C=O) groups excluding carboxylic acids is 3. The van der Waals surface area contributed by atoms with Crippen molar-refractivity contribution in [3.8, 4) is 0 Å². The van der Waals surface area contributed by atoms with Crippen molar-refractivity contribution in [2.24, 2.45) is 5.73 Å². The van der Waals surface area contributed by atoms with Gasteiger partial charge in [0.1, 0.15) is 5.78 Å². The van der Waals surface area contributed by atoms with Gasteiger partial charge in [-0.05, 0) is 12.2 Å². The Hall–Kier alpha value is -0.965. The van der Waals surface area contributed by atoms with Crippen molar-refractivity contribution in [1.82, 2.24) is 0 Å². The Kier molecular flexibility index (Phi) is 11.5. The van der Waals surface area contributed by atoms with Gasteiger partial charge in [0, 0.05) is 6.42 Å². The van der Waals surface area contributed by atoms with Crippen LogP contribution in [-0.2, 0) is 14.4 Å². The van der Waals surface area contributed by atoms with E-state index in [0.29, 0.717) is 12.8 Å². The van der Waals surface area contributed by atoms with E-state index in [1.54, 1.807) is 6.82 Å². The molecule has 0 spiro atoms. The quantitative estimate of drug-likeness (QED) is 0.646. The molecule has 0 aromatic rings. The second kappa shape index (κ2) is 10.5. The van der Waals surface area contributed by atoms with Crippen LogP contribution in [0.3, 0.4) is 0 Å². The summed E-state index contributed by atoms with van der Waals surface area (Å²) < 4.78 is 0. The third-order valence-electron chi connectivity index (χ3n) is 2.52. The summed E-state index contributed by atoms with van der Waals surface area (Å²) in [5, 5.41) is 9.32. The molecule has 0 aliphatic carbocycles. The summed E-state index contributed by atoms with van der Waals surface area (Å²) in [5.41, 5.74) is 5.59. The van der Waals surface area contributed by atoms with Gasteiger partial charge in [-0.15, -0.1) is 0 Å². The predicted octanol–water partition coefficient (Wildman–Crippen LogP) is 0.493. The Morgan fingerprint density at radius 3 is 2.06 bits per heavy atom. The zero-order chi connectivity index (χ0) is 13.1. The summed E-state index contributed by atoms with van der Waals surface area (Å²) in [6.07, 6.45) is 2.15. The number of rotatable bonds is 6. The Bertz CT molecular complexity index is 227. The molecule has 0 aromatic heterocycles. The Labute approximate surface area is 96.5 Å². The van der Waals surface area contributed by atoms with Crippen LogP contribution in [0.25, 0.3) is 0 Å². The SMILES string of the molecule is CCC(N)C(=O)C[C@@H](CC)B(C)O.O=C=O. The molecule has 16 heavy (non-hydrogen) atoms. The number of ketones is 1. The Morgan fingerprint density at radius 2 is 1.81 bits per heavy atom. The lowest BCUT2D eigenvalue weighted by Gasteiger charge is -2.16. The predicted molar refractivity (Wildman–Crippen MR) is 60.8 cm³/mol. The molecular weight excluding hydrogens is 209 g/mol. The fourth-order valence-electron chi connectivity index (χ4n) is 1.29. The molecular formula is C10H20BNO4.